The van der Waals surface area contributed by atoms with Crippen molar-refractivity contribution in [1.29, 1.82) is 0 Å². The molecule has 0 bridgehead atoms. The van der Waals surface area contributed by atoms with Gasteiger partial charge in [0.1, 0.15) is 11.2 Å². The van der Waals surface area contributed by atoms with Crippen LogP contribution >= 0.6 is 0 Å². The Morgan fingerprint density at radius 1 is 0.565 bits per heavy atom. The largest absolute Gasteiger partial charge is 0.456 e. The minimum absolute atomic E-state index is 0.407. The Morgan fingerprint density at radius 3 is 2.11 bits per heavy atom. The highest BCUT2D eigenvalue weighted by molar-refractivity contribution is 6.14. The number of furan rings is 1. The van der Waals surface area contributed by atoms with Crippen LogP contribution in [0.2, 0.25) is 0 Å². The number of aromatic nitrogens is 1. The number of fused-ring (bicyclic) bond motifs is 7. The summed E-state index contributed by atoms with van der Waals surface area (Å²) in [5.74, 6) is 0.997. The Balaban J connectivity index is 1.04. The molecule has 3 heteroatoms. The molecule has 0 aliphatic heterocycles. The van der Waals surface area contributed by atoms with Crippen molar-refractivity contribution >= 4 is 71.5 Å². The number of para-hydroxylation sites is 4. The minimum Gasteiger partial charge on any atom is -0.456 e. The number of hydrogen-bond donors (Lipinski definition) is 0. The van der Waals surface area contributed by atoms with Crippen molar-refractivity contribution in [2.75, 3.05) is 4.90 Å². The first-order valence-corrected chi connectivity index (χ1v) is 22.5. The van der Waals surface area contributed by atoms with Crippen LogP contribution < -0.4 is 4.90 Å². The highest BCUT2D eigenvalue weighted by atomic mass is 16.3. The van der Waals surface area contributed by atoms with Crippen LogP contribution in [0.5, 0.6) is 0 Å². The number of anilines is 2. The summed E-state index contributed by atoms with van der Waals surface area (Å²) in [4.78, 5) is 2.48. The lowest BCUT2D eigenvalue weighted by molar-refractivity contribution is 0.445. The second-order valence-corrected chi connectivity index (χ2v) is 17.5. The van der Waals surface area contributed by atoms with Crippen LogP contribution in [0, 0.1) is 5.92 Å². The molecule has 0 amide bonds. The van der Waals surface area contributed by atoms with Gasteiger partial charge in [0.2, 0.25) is 0 Å². The van der Waals surface area contributed by atoms with Crippen molar-refractivity contribution in [2.45, 2.75) is 51.4 Å². The Kier molecular flexibility index (Phi) is 8.95. The van der Waals surface area contributed by atoms with Gasteiger partial charge in [0.15, 0.2) is 0 Å². The van der Waals surface area contributed by atoms with Gasteiger partial charge in [0.05, 0.1) is 11.0 Å². The van der Waals surface area contributed by atoms with Crippen LogP contribution in [0.3, 0.4) is 0 Å². The first-order chi connectivity index (χ1) is 30.7. The predicted octanol–water partition coefficient (Wildman–Crippen LogP) is 16.7. The first-order valence-electron chi connectivity index (χ1n) is 22.5. The van der Waals surface area contributed by atoms with Crippen LogP contribution in [-0.4, -0.2) is 4.57 Å². The number of hydrogen-bond acceptors (Lipinski definition) is 2. The zero-order valence-corrected chi connectivity index (χ0v) is 35.1. The van der Waals surface area contributed by atoms with Crippen molar-refractivity contribution in [3.05, 3.63) is 205 Å². The molecule has 3 nitrogen and oxygen atoms in total. The summed E-state index contributed by atoms with van der Waals surface area (Å²) >= 11 is 0. The molecule has 12 rings (SSSR count). The Hall–Kier alpha value is -7.10. The average Bonchev–Trinajstić information content (AvgIpc) is 3.88. The summed E-state index contributed by atoms with van der Waals surface area (Å²) in [5, 5.41) is 7.53. The van der Waals surface area contributed by atoms with E-state index in [4.69, 9.17) is 4.42 Å². The van der Waals surface area contributed by atoms with E-state index in [1.54, 1.807) is 0 Å². The molecule has 0 spiro atoms. The summed E-state index contributed by atoms with van der Waals surface area (Å²) in [6, 6.07) is 64.7. The van der Waals surface area contributed by atoms with Crippen LogP contribution in [0.15, 0.2) is 198 Å². The van der Waals surface area contributed by atoms with Crippen LogP contribution in [0.1, 0.15) is 62.5 Å². The van der Waals surface area contributed by atoms with Gasteiger partial charge in [-0.25, -0.2) is 0 Å². The lowest BCUT2D eigenvalue weighted by atomic mass is 9.79. The van der Waals surface area contributed by atoms with Gasteiger partial charge in [-0.1, -0.05) is 160 Å². The molecule has 2 heterocycles. The van der Waals surface area contributed by atoms with E-state index in [0.717, 1.165) is 45.4 Å². The summed E-state index contributed by atoms with van der Waals surface area (Å²) in [6.45, 7) is 2.36. The van der Waals surface area contributed by atoms with Gasteiger partial charge in [-0.05, 0) is 107 Å². The zero-order chi connectivity index (χ0) is 41.1. The van der Waals surface area contributed by atoms with E-state index >= 15 is 0 Å². The molecule has 10 aromatic rings. The number of nitrogens with zero attached hydrogens (tertiary/aromatic N) is 2. The van der Waals surface area contributed by atoms with Crippen LogP contribution in [-0.2, 0) is 0 Å². The standard InChI is InChI=1S/C59H48N2O/c1-39-29-36-55(53(37-39)51-25-13-18-42-17-12-23-46(58(42)51)40-15-4-2-5-16-40)60(45-34-35-50-49-22-9-11-28-56(49)62-57(50)38-45)44-32-30-41(31-33-44)47-24-14-26-52-48-21-8-10-27-54(48)61(59(47)52)43-19-6-3-7-20-43/h3,6-14,17-28,30-40H,2,4-5,15-16,29H2,1H3. The van der Waals surface area contributed by atoms with Gasteiger partial charge in [-0.2, -0.15) is 0 Å². The van der Waals surface area contributed by atoms with Gasteiger partial charge in [-0.15, -0.1) is 0 Å². The topological polar surface area (TPSA) is 21.3 Å². The Morgan fingerprint density at radius 2 is 1.26 bits per heavy atom. The molecule has 1 atom stereocenters. The van der Waals surface area contributed by atoms with Crippen LogP contribution in [0.25, 0.3) is 76.9 Å². The number of allylic oxidation sites excluding steroid dienone is 3. The van der Waals surface area contributed by atoms with Gasteiger partial charge >= 0.3 is 0 Å². The third-order valence-electron chi connectivity index (χ3n) is 13.7. The molecule has 2 aromatic heterocycles. The fourth-order valence-corrected chi connectivity index (χ4v) is 10.8. The van der Waals surface area contributed by atoms with Crippen molar-refractivity contribution < 1.29 is 4.42 Å². The van der Waals surface area contributed by atoms with E-state index in [2.05, 4.69) is 204 Å². The van der Waals surface area contributed by atoms with Crippen LogP contribution in [0.4, 0.5) is 11.4 Å². The molecule has 2 aliphatic rings. The SMILES string of the molecule is CC1C=C(c2cccc3cccc(C4CCCCC4)c23)C(N(c2ccc(-c3cccc4c5ccccc5n(-c5ccccc5)c34)cc2)c2ccc3c(c2)oc2ccccc23)=CC1. The van der Waals surface area contributed by atoms with E-state index in [9.17, 15) is 0 Å². The number of rotatable bonds is 7. The third kappa shape index (κ3) is 6.10. The van der Waals surface area contributed by atoms with E-state index < -0.39 is 0 Å². The molecule has 0 radical (unpaired) electrons. The minimum atomic E-state index is 0.407. The van der Waals surface area contributed by atoms with Gasteiger partial charge in [0.25, 0.3) is 0 Å². The molecule has 62 heavy (non-hydrogen) atoms. The summed E-state index contributed by atoms with van der Waals surface area (Å²) in [6.07, 6.45) is 12.5. The van der Waals surface area contributed by atoms with Gasteiger partial charge < -0.3 is 13.9 Å². The van der Waals surface area contributed by atoms with Crippen molar-refractivity contribution in [1.82, 2.24) is 4.57 Å². The van der Waals surface area contributed by atoms with E-state index in [-0.39, 0.29) is 0 Å². The molecule has 8 aromatic carbocycles. The molecular formula is C59H48N2O. The van der Waals surface area contributed by atoms with E-state index in [0.29, 0.717) is 11.8 Å². The summed E-state index contributed by atoms with van der Waals surface area (Å²) in [5.41, 5.74) is 15.3. The molecule has 1 saturated carbocycles. The smallest absolute Gasteiger partial charge is 0.137 e. The highest BCUT2D eigenvalue weighted by Crippen LogP contribution is 2.47. The second-order valence-electron chi connectivity index (χ2n) is 17.5. The lowest BCUT2D eigenvalue weighted by Crippen LogP contribution is -2.20. The van der Waals surface area contributed by atoms with Crippen molar-refractivity contribution in [2.24, 2.45) is 5.92 Å². The van der Waals surface area contributed by atoms with Crippen molar-refractivity contribution in [3.63, 3.8) is 0 Å². The normalized spacial score (nSPS) is 16.0. The lowest BCUT2D eigenvalue weighted by Gasteiger charge is -2.33. The molecule has 300 valence electrons. The Bertz CT molecular complexity index is 3370. The predicted molar refractivity (Wildman–Crippen MR) is 262 cm³/mol. The fourth-order valence-electron chi connectivity index (χ4n) is 10.8. The van der Waals surface area contributed by atoms with E-state index in [1.807, 2.05) is 0 Å². The zero-order valence-electron chi connectivity index (χ0n) is 35.1. The van der Waals surface area contributed by atoms with Gasteiger partial charge in [0, 0.05) is 61.5 Å². The molecule has 1 fully saturated rings. The molecule has 1 unspecified atom stereocenters. The molecule has 0 saturated heterocycles. The maximum absolute atomic E-state index is 6.56. The maximum atomic E-state index is 6.56. The highest BCUT2D eigenvalue weighted by Gasteiger charge is 2.27. The van der Waals surface area contributed by atoms with E-state index in [1.165, 1.54) is 98.2 Å². The molecule has 0 N–H and O–H groups in total. The molecular weight excluding hydrogens is 753 g/mol. The second kappa shape index (κ2) is 15.1. The fraction of sp³-hybridized carbons (Fsp3) is 0.153. The maximum Gasteiger partial charge on any atom is 0.137 e. The van der Waals surface area contributed by atoms with Gasteiger partial charge in [-0.3, -0.25) is 0 Å². The summed E-state index contributed by atoms with van der Waals surface area (Å²) < 4.78 is 8.99. The monoisotopic (exact) mass is 800 g/mol. The molecule has 2 aliphatic carbocycles. The Labute approximate surface area is 362 Å². The summed E-state index contributed by atoms with van der Waals surface area (Å²) in [7, 11) is 0. The first kappa shape index (κ1) is 36.7. The quantitative estimate of drug-likeness (QED) is 0.160. The number of benzene rings is 8. The van der Waals surface area contributed by atoms with Crippen molar-refractivity contribution in [3.8, 4) is 16.8 Å². The average molecular weight is 801 g/mol. The third-order valence-corrected chi connectivity index (χ3v) is 13.7.